The molecular weight excluding hydrogens is 418 g/mol. The highest BCUT2D eigenvalue weighted by atomic mass is 32.1. The van der Waals surface area contributed by atoms with Gasteiger partial charge in [0.25, 0.3) is 0 Å². The van der Waals surface area contributed by atoms with Crippen LogP contribution in [0.1, 0.15) is 6.92 Å². The summed E-state index contributed by atoms with van der Waals surface area (Å²) in [5.74, 6) is 6.34. The van der Waals surface area contributed by atoms with Crippen molar-refractivity contribution in [3.8, 4) is 28.8 Å². The number of rotatable bonds is 2. The molecule has 3 aromatic heterocycles. The third kappa shape index (κ3) is 3.54. The van der Waals surface area contributed by atoms with E-state index in [0.717, 1.165) is 0 Å². The number of carbonyl (C=O) groups is 1. The number of hydrogen-bond acceptors (Lipinski definition) is 8. The molecule has 0 atom stereocenters. The number of pyridine rings is 1. The SMILES string of the molecule is CC#CC(=O)N1CCOc2ccc(-c3csc4c(=O)cc(N5CCOCC5)oc34)nc21. The summed E-state index contributed by atoms with van der Waals surface area (Å²) < 4.78 is 17.8. The highest BCUT2D eigenvalue weighted by Gasteiger charge is 2.26. The lowest BCUT2D eigenvalue weighted by Crippen LogP contribution is -2.37. The fourth-order valence-corrected chi connectivity index (χ4v) is 4.56. The second-order valence-electron chi connectivity index (χ2n) is 7.05. The Labute approximate surface area is 182 Å². The second-order valence-corrected chi connectivity index (χ2v) is 7.93. The molecule has 31 heavy (non-hydrogen) atoms. The first-order valence-electron chi connectivity index (χ1n) is 9.92. The largest absolute Gasteiger partial charge is 0.488 e. The van der Waals surface area contributed by atoms with Crippen molar-refractivity contribution < 1.29 is 18.7 Å². The van der Waals surface area contributed by atoms with Crippen molar-refractivity contribution in [2.24, 2.45) is 0 Å². The summed E-state index contributed by atoms with van der Waals surface area (Å²) >= 11 is 1.32. The molecule has 0 unspecified atom stereocenters. The number of carbonyl (C=O) groups excluding carboxylic acids is 1. The molecule has 1 fully saturated rings. The molecule has 9 heteroatoms. The molecule has 0 saturated carbocycles. The Morgan fingerprint density at radius 1 is 1.19 bits per heavy atom. The van der Waals surface area contributed by atoms with Crippen LogP contribution < -0.4 is 20.0 Å². The number of thiophene rings is 1. The van der Waals surface area contributed by atoms with Crippen LogP contribution in [0.3, 0.4) is 0 Å². The van der Waals surface area contributed by atoms with Gasteiger partial charge in [-0.15, -0.1) is 11.3 Å². The van der Waals surface area contributed by atoms with E-state index in [0.29, 0.717) is 78.4 Å². The van der Waals surface area contributed by atoms with Gasteiger partial charge in [-0.3, -0.25) is 14.5 Å². The van der Waals surface area contributed by atoms with Crippen LogP contribution in [0, 0.1) is 11.8 Å². The van der Waals surface area contributed by atoms with E-state index in [1.807, 2.05) is 10.3 Å². The number of anilines is 2. The van der Waals surface area contributed by atoms with Crippen LogP contribution >= 0.6 is 11.3 Å². The molecule has 1 amide bonds. The quantitative estimate of drug-likeness (QED) is 0.570. The average Bonchev–Trinajstić information content (AvgIpc) is 3.24. The van der Waals surface area contributed by atoms with Crippen LogP contribution in [0.25, 0.3) is 21.5 Å². The number of fused-ring (bicyclic) bond motifs is 2. The molecule has 0 bridgehead atoms. The van der Waals surface area contributed by atoms with Gasteiger partial charge in [0, 0.05) is 24.5 Å². The van der Waals surface area contributed by atoms with Crippen molar-refractivity contribution in [1.29, 1.82) is 0 Å². The minimum atomic E-state index is -0.326. The normalized spacial score (nSPS) is 15.8. The lowest BCUT2D eigenvalue weighted by Gasteiger charge is -2.27. The lowest BCUT2D eigenvalue weighted by molar-refractivity contribution is -0.113. The molecule has 2 aliphatic heterocycles. The van der Waals surface area contributed by atoms with Crippen LogP contribution in [0.5, 0.6) is 5.75 Å². The third-order valence-electron chi connectivity index (χ3n) is 5.17. The highest BCUT2D eigenvalue weighted by Crippen LogP contribution is 2.37. The predicted octanol–water partition coefficient (Wildman–Crippen LogP) is 2.50. The molecule has 1 saturated heterocycles. The first-order valence-corrected chi connectivity index (χ1v) is 10.8. The van der Waals surface area contributed by atoms with Gasteiger partial charge in [-0.25, -0.2) is 4.98 Å². The van der Waals surface area contributed by atoms with Gasteiger partial charge in [0.2, 0.25) is 5.43 Å². The molecule has 5 rings (SSSR count). The molecule has 0 N–H and O–H groups in total. The van der Waals surface area contributed by atoms with Crippen molar-refractivity contribution in [1.82, 2.24) is 4.98 Å². The molecule has 158 valence electrons. The molecule has 5 heterocycles. The number of nitrogens with zero attached hydrogens (tertiary/aromatic N) is 3. The minimum Gasteiger partial charge on any atom is -0.488 e. The molecule has 0 radical (unpaired) electrons. The Balaban J connectivity index is 1.60. The van der Waals surface area contributed by atoms with Gasteiger partial charge in [-0.1, -0.05) is 5.92 Å². The average molecular weight is 437 g/mol. The van der Waals surface area contributed by atoms with Crippen molar-refractivity contribution in [2.75, 3.05) is 49.3 Å². The minimum absolute atomic E-state index is 0.0877. The van der Waals surface area contributed by atoms with Crippen LogP contribution in [-0.2, 0) is 9.53 Å². The molecule has 0 aliphatic carbocycles. The Morgan fingerprint density at radius 2 is 2.03 bits per heavy atom. The molecule has 0 aromatic carbocycles. The van der Waals surface area contributed by atoms with Gasteiger partial charge < -0.3 is 18.8 Å². The van der Waals surface area contributed by atoms with Gasteiger partial charge in [-0.05, 0) is 25.0 Å². The zero-order valence-corrected chi connectivity index (χ0v) is 17.7. The third-order valence-corrected chi connectivity index (χ3v) is 6.15. The topological polar surface area (TPSA) is 85.1 Å². The fourth-order valence-electron chi connectivity index (χ4n) is 3.66. The van der Waals surface area contributed by atoms with Gasteiger partial charge >= 0.3 is 5.91 Å². The summed E-state index contributed by atoms with van der Waals surface area (Å²) in [6.07, 6.45) is 0. The van der Waals surface area contributed by atoms with E-state index in [-0.39, 0.29) is 11.3 Å². The molecule has 8 nitrogen and oxygen atoms in total. The van der Waals surface area contributed by atoms with E-state index in [2.05, 4.69) is 16.8 Å². The summed E-state index contributed by atoms with van der Waals surface area (Å²) in [5.41, 5.74) is 1.71. The summed E-state index contributed by atoms with van der Waals surface area (Å²) in [5, 5.41) is 1.86. The first-order chi connectivity index (χ1) is 15.2. The smallest absolute Gasteiger partial charge is 0.304 e. The number of ether oxygens (including phenoxy) is 2. The van der Waals surface area contributed by atoms with Crippen molar-refractivity contribution in [3.63, 3.8) is 0 Å². The number of hydrogen-bond donors (Lipinski definition) is 0. The second kappa shape index (κ2) is 8.06. The summed E-state index contributed by atoms with van der Waals surface area (Å²) in [4.78, 5) is 33.3. The van der Waals surface area contributed by atoms with E-state index >= 15 is 0 Å². The molecule has 3 aromatic rings. The summed E-state index contributed by atoms with van der Waals surface area (Å²) in [7, 11) is 0. The summed E-state index contributed by atoms with van der Waals surface area (Å²) in [6, 6.07) is 5.12. The maximum absolute atomic E-state index is 12.7. The maximum Gasteiger partial charge on any atom is 0.304 e. The van der Waals surface area contributed by atoms with E-state index in [1.54, 1.807) is 19.1 Å². The van der Waals surface area contributed by atoms with Gasteiger partial charge in [0.15, 0.2) is 23.0 Å². The molecule has 0 spiro atoms. The van der Waals surface area contributed by atoms with Gasteiger partial charge in [0.1, 0.15) is 11.3 Å². The van der Waals surface area contributed by atoms with Crippen molar-refractivity contribution >= 4 is 39.2 Å². The zero-order valence-electron chi connectivity index (χ0n) is 16.8. The lowest BCUT2D eigenvalue weighted by atomic mass is 10.2. The monoisotopic (exact) mass is 437 g/mol. The van der Waals surface area contributed by atoms with Gasteiger partial charge in [-0.2, -0.15) is 0 Å². The van der Waals surface area contributed by atoms with Crippen LogP contribution in [0.2, 0.25) is 0 Å². The van der Waals surface area contributed by atoms with E-state index in [9.17, 15) is 9.59 Å². The van der Waals surface area contributed by atoms with E-state index < -0.39 is 0 Å². The number of amides is 1. The van der Waals surface area contributed by atoms with Crippen molar-refractivity contribution in [2.45, 2.75) is 6.92 Å². The van der Waals surface area contributed by atoms with Crippen LogP contribution in [-0.4, -0.2) is 50.3 Å². The van der Waals surface area contributed by atoms with Gasteiger partial charge in [0.05, 0.1) is 31.0 Å². The zero-order chi connectivity index (χ0) is 21.4. The Morgan fingerprint density at radius 3 is 2.84 bits per heavy atom. The number of morpholine rings is 1. The Bertz CT molecular complexity index is 1280. The fraction of sp³-hybridized carbons (Fsp3) is 0.318. The molecular formula is C22H19N3O5S. The van der Waals surface area contributed by atoms with E-state index in [4.69, 9.17) is 13.9 Å². The predicted molar refractivity (Wildman–Crippen MR) is 118 cm³/mol. The maximum atomic E-state index is 12.7. The van der Waals surface area contributed by atoms with Crippen LogP contribution in [0.4, 0.5) is 11.7 Å². The Hall–Kier alpha value is -3.35. The molecule has 2 aliphatic rings. The standard InChI is InChI=1S/C22H19N3O5S/c1-2-3-18(27)25-8-11-29-17-5-4-15(23-22(17)25)14-13-31-21-16(26)12-19(30-20(14)21)24-6-9-28-10-7-24/h4-5,12-13H,6-11H2,1H3. The van der Waals surface area contributed by atoms with Crippen molar-refractivity contribution in [3.05, 3.63) is 33.8 Å². The highest BCUT2D eigenvalue weighted by molar-refractivity contribution is 7.17. The Kier molecular flexibility index (Phi) is 5.10. The summed E-state index contributed by atoms with van der Waals surface area (Å²) in [6.45, 7) is 4.89. The van der Waals surface area contributed by atoms with E-state index in [1.165, 1.54) is 22.3 Å². The number of aromatic nitrogens is 1. The van der Waals surface area contributed by atoms with Crippen LogP contribution in [0.15, 0.2) is 32.8 Å². The first kappa shape index (κ1) is 19.6.